The fourth-order valence-corrected chi connectivity index (χ4v) is 0.743. The van der Waals surface area contributed by atoms with Gasteiger partial charge in [0.2, 0.25) is 5.91 Å². The van der Waals surface area contributed by atoms with Gasteiger partial charge >= 0.3 is 6.18 Å². The lowest BCUT2D eigenvalue weighted by Gasteiger charge is -2.17. The van der Waals surface area contributed by atoms with Crippen LogP contribution in [0.3, 0.4) is 0 Å². The van der Waals surface area contributed by atoms with Crippen LogP contribution in [0.4, 0.5) is 13.2 Å². The van der Waals surface area contributed by atoms with Gasteiger partial charge < -0.3 is 15.7 Å². The number of halogens is 3. The molecule has 0 saturated carbocycles. The lowest BCUT2D eigenvalue weighted by Crippen LogP contribution is -2.43. The van der Waals surface area contributed by atoms with Crippen LogP contribution in [-0.2, 0) is 4.79 Å². The molecule has 0 bridgehead atoms. The molecule has 0 aliphatic heterocycles. The minimum Gasteiger partial charge on any atom is -0.389 e. The summed E-state index contributed by atoms with van der Waals surface area (Å²) < 4.78 is 35.0. The molecule has 0 heterocycles. The number of hydrogen-bond donors (Lipinski definition) is 3. The highest BCUT2D eigenvalue weighted by atomic mass is 19.4. The van der Waals surface area contributed by atoms with E-state index in [1.165, 1.54) is 13.8 Å². The smallest absolute Gasteiger partial charge is 0.389 e. The summed E-state index contributed by atoms with van der Waals surface area (Å²) in [6, 6.07) is 0. The molecule has 0 spiro atoms. The molecule has 0 rings (SSSR count). The Kier molecular flexibility index (Phi) is 5.02. The molecule has 0 atom stereocenters. The van der Waals surface area contributed by atoms with Crippen molar-refractivity contribution in [3.8, 4) is 0 Å². The Morgan fingerprint density at radius 3 is 2.20 bits per heavy atom. The van der Waals surface area contributed by atoms with Crippen molar-refractivity contribution in [2.75, 3.05) is 19.6 Å². The highest BCUT2D eigenvalue weighted by Crippen LogP contribution is 2.11. The SMILES string of the molecule is CC(C)(O)CNCC(=O)NCC(F)(F)F. The Morgan fingerprint density at radius 2 is 1.80 bits per heavy atom. The van der Waals surface area contributed by atoms with Gasteiger partial charge in [-0.15, -0.1) is 0 Å². The van der Waals surface area contributed by atoms with E-state index in [0.717, 1.165) is 0 Å². The number of hydrogen-bond acceptors (Lipinski definition) is 3. The zero-order chi connectivity index (χ0) is 12.1. The molecule has 15 heavy (non-hydrogen) atoms. The molecular weight excluding hydrogens is 213 g/mol. The van der Waals surface area contributed by atoms with Gasteiger partial charge in [-0.3, -0.25) is 4.79 Å². The van der Waals surface area contributed by atoms with E-state index in [1.54, 1.807) is 5.32 Å². The van der Waals surface area contributed by atoms with Crippen molar-refractivity contribution in [2.45, 2.75) is 25.6 Å². The van der Waals surface area contributed by atoms with E-state index in [1.807, 2.05) is 0 Å². The normalized spacial score (nSPS) is 12.7. The number of amides is 1. The van der Waals surface area contributed by atoms with Gasteiger partial charge in [0.05, 0.1) is 12.1 Å². The maximum absolute atomic E-state index is 11.7. The van der Waals surface area contributed by atoms with Gasteiger partial charge in [0.1, 0.15) is 6.54 Å². The third kappa shape index (κ3) is 11.1. The predicted molar refractivity (Wildman–Crippen MR) is 48.2 cm³/mol. The Hall–Kier alpha value is -0.820. The van der Waals surface area contributed by atoms with E-state index in [2.05, 4.69) is 5.32 Å². The molecule has 0 aliphatic carbocycles. The van der Waals surface area contributed by atoms with Crippen molar-refractivity contribution in [3.05, 3.63) is 0 Å². The molecule has 0 aromatic carbocycles. The lowest BCUT2D eigenvalue weighted by molar-refractivity contribution is -0.137. The summed E-state index contributed by atoms with van der Waals surface area (Å²) in [6.45, 7) is 1.59. The van der Waals surface area contributed by atoms with Crippen molar-refractivity contribution >= 4 is 5.91 Å². The zero-order valence-corrected chi connectivity index (χ0v) is 8.61. The molecule has 0 aliphatic rings. The average molecular weight is 228 g/mol. The molecule has 0 unspecified atom stereocenters. The first-order valence-electron chi connectivity index (χ1n) is 4.37. The number of carbonyl (C=O) groups excluding carboxylic acids is 1. The van der Waals surface area contributed by atoms with Crippen LogP contribution in [0, 0.1) is 0 Å². The standard InChI is InChI=1S/C8H15F3N2O2/c1-7(2,15)4-12-3-6(14)13-5-8(9,10)11/h12,15H,3-5H2,1-2H3,(H,13,14). The summed E-state index contributed by atoms with van der Waals surface area (Å²) in [4.78, 5) is 10.8. The fraction of sp³-hybridized carbons (Fsp3) is 0.875. The third-order valence-corrected chi connectivity index (χ3v) is 1.33. The molecule has 0 aromatic heterocycles. The van der Waals surface area contributed by atoms with Gasteiger partial charge in [0.15, 0.2) is 0 Å². The zero-order valence-electron chi connectivity index (χ0n) is 8.61. The number of alkyl halides is 3. The molecule has 1 amide bonds. The van der Waals surface area contributed by atoms with E-state index in [4.69, 9.17) is 0 Å². The maximum atomic E-state index is 11.7. The highest BCUT2D eigenvalue weighted by molar-refractivity contribution is 5.78. The van der Waals surface area contributed by atoms with Gasteiger partial charge in [0.25, 0.3) is 0 Å². The minimum absolute atomic E-state index is 0.131. The Bertz CT molecular complexity index is 211. The summed E-state index contributed by atoms with van der Waals surface area (Å²) in [5, 5.41) is 13.4. The summed E-state index contributed by atoms with van der Waals surface area (Å²) >= 11 is 0. The largest absolute Gasteiger partial charge is 0.405 e. The fourth-order valence-electron chi connectivity index (χ4n) is 0.743. The number of nitrogens with one attached hydrogen (secondary N) is 2. The lowest BCUT2D eigenvalue weighted by atomic mass is 10.1. The van der Waals surface area contributed by atoms with E-state index in [0.29, 0.717) is 0 Å². The van der Waals surface area contributed by atoms with Gasteiger partial charge in [-0.1, -0.05) is 0 Å². The molecule has 4 nitrogen and oxygen atoms in total. The van der Waals surface area contributed by atoms with Crippen LogP contribution < -0.4 is 10.6 Å². The van der Waals surface area contributed by atoms with E-state index >= 15 is 0 Å². The number of rotatable bonds is 5. The predicted octanol–water partition coefficient (Wildman–Crippen LogP) is 0.0254. The van der Waals surface area contributed by atoms with Crippen LogP contribution in [0.2, 0.25) is 0 Å². The van der Waals surface area contributed by atoms with Crippen LogP contribution >= 0.6 is 0 Å². The Balaban J connectivity index is 3.60. The summed E-state index contributed by atoms with van der Waals surface area (Å²) in [7, 11) is 0. The Labute approximate surface area is 85.8 Å². The summed E-state index contributed by atoms with van der Waals surface area (Å²) in [6.07, 6.45) is -4.40. The molecule has 0 radical (unpaired) electrons. The summed E-state index contributed by atoms with van der Waals surface area (Å²) in [5.74, 6) is -0.753. The minimum atomic E-state index is -4.40. The second-order valence-electron chi connectivity index (χ2n) is 3.81. The number of carbonyl (C=O) groups is 1. The molecular formula is C8H15F3N2O2. The average Bonchev–Trinajstić information content (AvgIpc) is 1.97. The van der Waals surface area contributed by atoms with Gasteiger partial charge in [-0.05, 0) is 13.8 Å². The summed E-state index contributed by atoms with van der Waals surface area (Å²) in [5.41, 5.74) is -0.996. The maximum Gasteiger partial charge on any atom is 0.405 e. The van der Waals surface area contributed by atoms with E-state index in [9.17, 15) is 23.1 Å². The molecule has 90 valence electrons. The van der Waals surface area contributed by atoms with Gasteiger partial charge in [0, 0.05) is 6.54 Å². The second-order valence-corrected chi connectivity index (χ2v) is 3.81. The van der Waals surface area contributed by atoms with Crippen molar-refractivity contribution in [2.24, 2.45) is 0 Å². The topological polar surface area (TPSA) is 61.4 Å². The monoisotopic (exact) mass is 228 g/mol. The van der Waals surface area contributed by atoms with Gasteiger partial charge in [-0.25, -0.2) is 0 Å². The molecule has 0 saturated heterocycles. The Morgan fingerprint density at radius 1 is 1.27 bits per heavy atom. The van der Waals surface area contributed by atoms with Crippen molar-refractivity contribution in [1.82, 2.24) is 10.6 Å². The first kappa shape index (κ1) is 14.2. The molecule has 7 heteroatoms. The van der Waals surface area contributed by atoms with Gasteiger partial charge in [-0.2, -0.15) is 13.2 Å². The third-order valence-electron chi connectivity index (χ3n) is 1.33. The van der Waals surface area contributed by atoms with Crippen molar-refractivity contribution < 1.29 is 23.1 Å². The quantitative estimate of drug-likeness (QED) is 0.622. The van der Waals surface area contributed by atoms with E-state index in [-0.39, 0.29) is 13.1 Å². The molecule has 3 N–H and O–H groups in total. The van der Waals surface area contributed by atoms with Crippen LogP contribution in [-0.4, -0.2) is 42.4 Å². The highest BCUT2D eigenvalue weighted by Gasteiger charge is 2.27. The van der Waals surface area contributed by atoms with Crippen molar-refractivity contribution in [1.29, 1.82) is 0 Å². The van der Waals surface area contributed by atoms with Crippen LogP contribution in [0.5, 0.6) is 0 Å². The first-order valence-corrected chi connectivity index (χ1v) is 4.37. The molecule has 0 aromatic rings. The van der Waals surface area contributed by atoms with Crippen LogP contribution in [0.15, 0.2) is 0 Å². The van der Waals surface area contributed by atoms with Crippen LogP contribution in [0.25, 0.3) is 0 Å². The first-order chi connectivity index (χ1) is 6.60. The molecule has 0 fully saturated rings. The second kappa shape index (κ2) is 5.32. The number of aliphatic hydroxyl groups is 1. The van der Waals surface area contributed by atoms with Crippen molar-refractivity contribution in [3.63, 3.8) is 0 Å². The van der Waals surface area contributed by atoms with E-state index < -0.39 is 24.2 Å². The van der Waals surface area contributed by atoms with Crippen LogP contribution in [0.1, 0.15) is 13.8 Å².